The van der Waals surface area contributed by atoms with Crippen molar-refractivity contribution in [3.05, 3.63) is 56.5 Å². The standard InChI is InChI=1S/C22H27Cl3N2O2/c1-3-27-9-5-6-16(27)13-26-12-15-10-20(25)22(21(11-15)28-2)29-14-17-18(23)7-4-8-19(17)24/h4,7-8,10-11,16,26H,3,5-6,9,12-14H2,1-2H3/t16-/m1/s1. The summed E-state index contributed by atoms with van der Waals surface area (Å²) in [5.41, 5.74) is 1.77. The van der Waals surface area contributed by atoms with Crippen LogP contribution in [0.4, 0.5) is 0 Å². The van der Waals surface area contributed by atoms with Crippen LogP contribution in [0.15, 0.2) is 30.3 Å². The average Bonchev–Trinajstić information content (AvgIpc) is 3.16. The van der Waals surface area contributed by atoms with Gasteiger partial charge in [-0.05, 0) is 55.8 Å². The van der Waals surface area contributed by atoms with E-state index in [1.165, 1.54) is 19.4 Å². The molecular weight excluding hydrogens is 431 g/mol. The predicted octanol–water partition coefficient (Wildman–Crippen LogP) is 5.81. The number of nitrogens with one attached hydrogen (secondary N) is 1. The maximum atomic E-state index is 6.50. The van der Waals surface area contributed by atoms with Crippen molar-refractivity contribution in [1.82, 2.24) is 10.2 Å². The molecule has 3 rings (SSSR count). The van der Waals surface area contributed by atoms with E-state index in [0.29, 0.717) is 32.6 Å². The molecule has 1 heterocycles. The molecule has 2 aromatic rings. The van der Waals surface area contributed by atoms with Crippen molar-refractivity contribution in [3.63, 3.8) is 0 Å². The van der Waals surface area contributed by atoms with Gasteiger partial charge in [-0.15, -0.1) is 0 Å². The molecule has 0 aliphatic carbocycles. The quantitative estimate of drug-likeness (QED) is 0.515. The van der Waals surface area contributed by atoms with Crippen LogP contribution in [0, 0.1) is 0 Å². The number of hydrogen-bond donors (Lipinski definition) is 1. The minimum Gasteiger partial charge on any atom is -0.493 e. The van der Waals surface area contributed by atoms with E-state index in [1.54, 1.807) is 25.3 Å². The maximum Gasteiger partial charge on any atom is 0.180 e. The Balaban J connectivity index is 1.64. The Morgan fingerprint density at radius 1 is 1.14 bits per heavy atom. The van der Waals surface area contributed by atoms with Crippen LogP contribution in [-0.4, -0.2) is 37.7 Å². The fourth-order valence-corrected chi connectivity index (χ4v) is 4.55. The summed E-state index contributed by atoms with van der Waals surface area (Å²) in [4.78, 5) is 2.53. The largest absolute Gasteiger partial charge is 0.493 e. The molecule has 0 saturated carbocycles. The molecule has 0 aromatic heterocycles. The van der Waals surface area contributed by atoms with Gasteiger partial charge in [-0.1, -0.05) is 47.8 Å². The lowest BCUT2D eigenvalue weighted by molar-refractivity contribution is 0.260. The van der Waals surface area contributed by atoms with Crippen LogP contribution in [0.1, 0.15) is 30.9 Å². The highest BCUT2D eigenvalue weighted by molar-refractivity contribution is 6.36. The van der Waals surface area contributed by atoms with Crippen LogP contribution in [0.3, 0.4) is 0 Å². The third-order valence-corrected chi connectivity index (χ3v) is 6.32. The summed E-state index contributed by atoms with van der Waals surface area (Å²) >= 11 is 19.0. The molecule has 1 N–H and O–H groups in total. The zero-order valence-corrected chi connectivity index (χ0v) is 19.1. The Kier molecular flexibility index (Phi) is 8.34. The second-order valence-electron chi connectivity index (χ2n) is 7.15. The zero-order valence-electron chi connectivity index (χ0n) is 16.8. The summed E-state index contributed by atoms with van der Waals surface area (Å²) in [6.07, 6.45) is 2.53. The highest BCUT2D eigenvalue weighted by Crippen LogP contribution is 2.38. The molecule has 2 aromatic carbocycles. The first-order valence-corrected chi connectivity index (χ1v) is 11.0. The first kappa shape index (κ1) is 22.5. The van der Waals surface area contributed by atoms with Gasteiger partial charge in [-0.3, -0.25) is 4.90 Å². The Morgan fingerprint density at radius 3 is 2.59 bits per heavy atom. The van der Waals surface area contributed by atoms with Crippen molar-refractivity contribution in [3.8, 4) is 11.5 Å². The highest BCUT2D eigenvalue weighted by atomic mass is 35.5. The molecule has 29 heavy (non-hydrogen) atoms. The van der Waals surface area contributed by atoms with Gasteiger partial charge in [0.25, 0.3) is 0 Å². The van der Waals surface area contributed by atoms with Crippen LogP contribution >= 0.6 is 34.8 Å². The number of hydrogen-bond acceptors (Lipinski definition) is 4. The third kappa shape index (κ3) is 5.71. The van der Waals surface area contributed by atoms with Crippen molar-refractivity contribution >= 4 is 34.8 Å². The van der Waals surface area contributed by atoms with E-state index in [0.717, 1.165) is 30.8 Å². The molecule has 7 heteroatoms. The van der Waals surface area contributed by atoms with Crippen molar-refractivity contribution in [2.24, 2.45) is 0 Å². The van der Waals surface area contributed by atoms with E-state index < -0.39 is 0 Å². The summed E-state index contributed by atoms with van der Waals surface area (Å²) in [7, 11) is 1.61. The number of nitrogens with zero attached hydrogens (tertiary/aromatic N) is 1. The second-order valence-corrected chi connectivity index (χ2v) is 8.38. The molecule has 0 amide bonds. The van der Waals surface area contributed by atoms with Crippen molar-refractivity contribution in [2.75, 3.05) is 26.7 Å². The zero-order chi connectivity index (χ0) is 20.8. The van der Waals surface area contributed by atoms with E-state index in [4.69, 9.17) is 44.3 Å². The summed E-state index contributed by atoms with van der Waals surface area (Å²) in [6, 6.07) is 9.84. The van der Waals surface area contributed by atoms with Gasteiger partial charge in [-0.25, -0.2) is 0 Å². The molecule has 1 fully saturated rings. The molecule has 4 nitrogen and oxygen atoms in total. The Labute approximate surface area is 188 Å². The van der Waals surface area contributed by atoms with E-state index in [2.05, 4.69) is 17.1 Å². The topological polar surface area (TPSA) is 33.7 Å². The Bertz CT molecular complexity index is 812. The van der Waals surface area contributed by atoms with Gasteiger partial charge >= 0.3 is 0 Å². The van der Waals surface area contributed by atoms with Crippen molar-refractivity contribution < 1.29 is 9.47 Å². The molecule has 1 aliphatic rings. The van der Waals surface area contributed by atoms with E-state index in [9.17, 15) is 0 Å². The van der Waals surface area contributed by atoms with Gasteiger partial charge in [-0.2, -0.15) is 0 Å². The first-order valence-electron chi connectivity index (χ1n) is 9.90. The van der Waals surface area contributed by atoms with Gasteiger partial charge in [0.05, 0.1) is 12.1 Å². The van der Waals surface area contributed by atoms with Crippen LogP contribution in [0.5, 0.6) is 11.5 Å². The molecule has 0 radical (unpaired) electrons. The van der Waals surface area contributed by atoms with Gasteiger partial charge in [0.2, 0.25) is 0 Å². The number of halogens is 3. The minimum atomic E-state index is 0.209. The molecule has 0 spiro atoms. The monoisotopic (exact) mass is 456 g/mol. The SMILES string of the molecule is CCN1CCC[C@@H]1CNCc1cc(Cl)c(OCc2c(Cl)cccc2Cl)c(OC)c1. The smallest absolute Gasteiger partial charge is 0.180 e. The fraction of sp³-hybridized carbons (Fsp3) is 0.455. The Morgan fingerprint density at radius 2 is 1.90 bits per heavy atom. The summed E-state index contributed by atoms with van der Waals surface area (Å²) in [5.74, 6) is 1.08. The Hall–Kier alpha value is -1.17. The highest BCUT2D eigenvalue weighted by Gasteiger charge is 2.22. The van der Waals surface area contributed by atoms with E-state index >= 15 is 0 Å². The molecule has 1 atom stereocenters. The fourth-order valence-electron chi connectivity index (χ4n) is 3.76. The number of likely N-dealkylation sites (tertiary alicyclic amines) is 1. The first-order chi connectivity index (χ1) is 14.0. The second kappa shape index (κ2) is 10.7. The lowest BCUT2D eigenvalue weighted by Crippen LogP contribution is -2.37. The van der Waals surface area contributed by atoms with Crippen LogP contribution in [0.2, 0.25) is 15.1 Å². The predicted molar refractivity (Wildman–Crippen MR) is 121 cm³/mol. The number of likely N-dealkylation sites (N-methyl/N-ethyl adjacent to an activating group) is 1. The lowest BCUT2D eigenvalue weighted by Gasteiger charge is -2.23. The number of rotatable bonds is 9. The molecule has 0 unspecified atom stereocenters. The molecule has 1 aliphatic heterocycles. The number of ether oxygens (including phenoxy) is 2. The molecule has 158 valence electrons. The minimum absolute atomic E-state index is 0.209. The number of methoxy groups -OCH3 is 1. The van der Waals surface area contributed by atoms with Crippen LogP contribution in [0.25, 0.3) is 0 Å². The van der Waals surface area contributed by atoms with Crippen LogP contribution < -0.4 is 14.8 Å². The normalized spacial score (nSPS) is 16.9. The average molecular weight is 458 g/mol. The summed E-state index contributed by atoms with van der Waals surface area (Å²) in [6.45, 7) is 6.42. The molecular formula is C22H27Cl3N2O2. The maximum absolute atomic E-state index is 6.50. The summed E-state index contributed by atoms with van der Waals surface area (Å²) in [5, 5.41) is 5.16. The summed E-state index contributed by atoms with van der Waals surface area (Å²) < 4.78 is 11.4. The van der Waals surface area contributed by atoms with Crippen molar-refractivity contribution in [2.45, 2.75) is 39.0 Å². The molecule has 0 bridgehead atoms. The molecule has 1 saturated heterocycles. The lowest BCUT2D eigenvalue weighted by atomic mass is 10.1. The van der Waals surface area contributed by atoms with Gasteiger partial charge in [0, 0.05) is 34.7 Å². The number of benzene rings is 2. The van der Waals surface area contributed by atoms with Gasteiger partial charge < -0.3 is 14.8 Å². The van der Waals surface area contributed by atoms with Crippen LogP contribution in [-0.2, 0) is 13.2 Å². The van der Waals surface area contributed by atoms with Gasteiger partial charge in [0.15, 0.2) is 11.5 Å². The van der Waals surface area contributed by atoms with E-state index in [1.807, 2.05) is 12.1 Å². The third-order valence-electron chi connectivity index (χ3n) is 5.33. The van der Waals surface area contributed by atoms with E-state index in [-0.39, 0.29) is 6.61 Å². The van der Waals surface area contributed by atoms with Crippen molar-refractivity contribution in [1.29, 1.82) is 0 Å². The van der Waals surface area contributed by atoms with Gasteiger partial charge in [0.1, 0.15) is 6.61 Å².